The Morgan fingerprint density at radius 2 is 1.78 bits per heavy atom. The first-order chi connectivity index (χ1) is 8.63. The van der Waals surface area contributed by atoms with Crippen molar-refractivity contribution in [3.8, 4) is 0 Å². The maximum Gasteiger partial charge on any atom is 0.230 e. The van der Waals surface area contributed by atoms with Crippen LogP contribution in [0.15, 0.2) is 30.3 Å². The van der Waals surface area contributed by atoms with E-state index in [0.29, 0.717) is 12.8 Å². The molecule has 96 valence electrons. The van der Waals surface area contributed by atoms with Gasteiger partial charge >= 0.3 is 0 Å². The summed E-state index contributed by atoms with van der Waals surface area (Å²) in [5, 5.41) is 9.49. The number of nitrogens with zero attached hydrogens (tertiary/aromatic N) is 1. The number of imide groups is 1. The zero-order chi connectivity index (χ0) is 13.1. The van der Waals surface area contributed by atoms with E-state index in [2.05, 4.69) is 0 Å². The van der Waals surface area contributed by atoms with Gasteiger partial charge in [-0.3, -0.25) is 14.5 Å². The van der Waals surface area contributed by atoms with Crippen LogP contribution < -0.4 is 0 Å². The number of likely N-dealkylation sites (tertiary alicyclic amines) is 1. The Bertz CT molecular complexity index is 426. The number of aliphatic hydroxyl groups is 1. The molecule has 0 radical (unpaired) electrons. The normalized spacial score (nSPS) is 19.1. The van der Waals surface area contributed by atoms with Crippen molar-refractivity contribution in [2.24, 2.45) is 5.92 Å². The van der Waals surface area contributed by atoms with E-state index < -0.39 is 6.04 Å². The van der Waals surface area contributed by atoms with E-state index >= 15 is 0 Å². The lowest BCUT2D eigenvalue weighted by atomic mass is 9.94. The number of hydrogen-bond donors (Lipinski definition) is 1. The monoisotopic (exact) mass is 247 g/mol. The third kappa shape index (κ3) is 2.43. The zero-order valence-electron chi connectivity index (χ0n) is 10.4. The van der Waals surface area contributed by atoms with Crippen molar-refractivity contribution in [1.29, 1.82) is 0 Å². The van der Waals surface area contributed by atoms with E-state index in [9.17, 15) is 14.7 Å². The second kappa shape index (κ2) is 5.31. The van der Waals surface area contributed by atoms with E-state index in [-0.39, 0.29) is 24.3 Å². The molecule has 4 nitrogen and oxygen atoms in total. The largest absolute Gasteiger partial charge is 0.394 e. The SMILES string of the molecule is CC1CC(=O)N([C@@H](CO)c2ccccc2)C(=O)C1. The summed E-state index contributed by atoms with van der Waals surface area (Å²) in [5.41, 5.74) is 0.788. The van der Waals surface area contributed by atoms with E-state index in [4.69, 9.17) is 0 Å². The molecule has 1 N–H and O–H groups in total. The van der Waals surface area contributed by atoms with Gasteiger partial charge in [0.15, 0.2) is 0 Å². The highest BCUT2D eigenvalue weighted by Crippen LogP contribution is 2.28. The Morgan fingerprint density at radius 1 is 1.22 bits per heavy atom. The molecule has 1 heterocycles. The second-order valence-corrected chi connectivity index (χ2v) is 4.78. The van der Waals surface area contributed by atoms with Crippen LogP contribution in [-0.2, 0) is 9.59 Å². The van der Waals surface area contributed by atoms with Crippen molar-refractivity contribution >= 4 is 11.8 Å². The van der Waals surface area contributed by atoms with Gasteiger partial charge in [0.2, 0.25) is 11.8 Å². The molecule has 2 rings (SSSR count). The second-order valence-electron chi connectivity index (χ2n) is 4.78. The highest BCUT2D eigenvalue weighted by Gasteiger charge is 2.35. The fraction of sp³-hybridized carbons (Fsp3) is 0.429. The molecular weight excluding hydrogens is 230 g/mol. The summed E-state index contributed by atoms with van der Waals surface area (Å²) in [6.07, 6.45) is 0.740. The fourth-order valence-corrected chi connectivity index (χ4v) is 2.36. The lowest BCUT2D eigenvalue weighted by Gasteiger charge is -2.34. The molecule has 1 aliphatic heterocycles. The number of carbonyl (C=O) groups is 2. The Labute approximate surface area is 106 Å². The lowest BCUT2D eigenvalue weighted by Crippen LogP contribution is -2.46. The quantitative estimate of drug-likeness (QED) is 0.824. The first-order valence-corrected chi connectivity index (χ1v) is 6.14. The lowest BCUT2D eigenvalue weighted by molar-refractivity contribution is -0.154. The van der Waals surface area contributed by atoms with Crippen LogP contribution in [0, 0.1) is 5.92 Å². The first kappa shape index (κ1) is 12.8. The number of hydrogen-bond acceptors (Lipinski definition) is 3. The minimum Gasteiger partial charge on any atom is -0.394 e. The van der Waals surface area contributed by atoms with Crippen molar-refractivity contribution in [2.45, 2.75) is 25.8 Å². The van der Waals surface area contributed by atoms with E-state index in [1.165, 1.54) is 4.90 Å². The summed E-state index contributed by atoms with van der Waals surface area (Å²) >= 11 is 0. The van der Waals surface area contributed by atoms with Crippen molar-refractivity contribution in [3.63, 3.8) is 0 Å². The molecule has 0 saturated carbocycles. The zero-order valence-corrected chi connectivity index (χ0v) is 10.4. The molecule has 0 aliphatic carbocycles. The summed E-state index contributed by atoms with van der Waals surface area (Å²) in [7, 11) is 0. The van der Waals surface area contributed by atoms with Gasteiger partial charge in [-0.05, 0) is 11.5 Å². The summed E-state index contributed by atoms with van der Waals surface area (Å²) in [6, 6.07) is 8.61. The molecule has 4 heteroatoms. The molecule has 1 saturated heterocycles. The molecule has 0 unspecified atom stereocenters. The molecule has 1 aromatic rings. The Kier molecular flexibility index (Phi) is 3.77. The Balaban J connectivity index is 2.27. The van der Waals surface area contributed by atoms with Gasteiger partial charge in [0, 0.05) is 12.8 Å². The molecule has 2 amide bonds. The number of amides is 2. The molecule has 1 aromatic carbocycles. The van der Waals surface area contributed by atoms with Gasteiger partial charge in [-0.2, -0.15) is 0 Å². The van der Waals surface area contributed by atoms with Crippen LogP contribution in [0.4, 0.5) is 0 Å². The molecule has 0 aromatic heterocycles. The van der Waals surface area contributed by atoms with Crippen LogP contribution >= 0.6 is 0 Å². The predicted molar refractivity (Wildman–Crippen MR) is 66.5 cm³/mol. The Morgan fingerprint density at radius 3 is 2.28 bits per heavy atom. The van der Waals surface area contributed by atoms with Crippen molar-refractivity contribution in [1.82, 2.24) is 4.90 Å². The van der Waals surface area contributed by atoms with Gasteiger partial charge in [0.25, 0.3) is 0 Å². The van der Waals surface area contributed by atoms with E-state index in [1.54, 1.807) is 0 Å². The van der Waals surface area contributed by atoms with Gasteiger partial charge in [-0.25, -0.2) is 0 Å². The summed E-state index contributed by atoms with van der Waals surface area (Å²) in [5.74, 6) is -0.292. The number of aliphatic hydroxyl groups excluding tert-OH is 1. The maximum atomic E-state index is 12.0. The molecule has 1 fully saturated rings. The number of piperidine rings is 1. The fourth-order valence-electron chi connectivity index (χ4n) is 2.36. The van der Waals surface area contributed by atoms with Crippen molar-refractivity contribution < 1.29 is 14.7 Å². The summed E-state index contributed by atoms with van der Waals surface area (Å²) < 4.78 is 0. The summed E-state index contributed by atoms with van der Waals surface area (Å²) in [6.45, 7) is 1.65. The van der Waals surface area contributed by atoms with Crippen LogP contribution in [0.2, 0.25) is 0 Å². The minimum atomic E-state index is -0.557. The van der Waals surface area contributed by atoms with Gasteiger partial charge < -0.3 is 5.11 Å². The maximum absolute atomic E-state index is 12.0. The topological polar surface area (TPSA) is 57.6 Å². The van der Waals surface area contributed by atoms with Crippen LogP contribution in [0.25, 0.3) is 0 Å². The standard InChI is InChI=1S/C14H17NO3/c1-10-7-13(17)15(14(18)8-10)12(9-16)11-5-3-2-4-6-11/h2-6,10,12,16H,7-9H2,1H3/t12-/m0/s1. The van der Waals surface area contributed by atoms with E-state index in [1.807, 2.05) is 37.3 Å². The predicted octanol–water partition coefficient (Wildman–Crippen LogP) is 1.51. The smallest absolute Gasteiger partial charge is 0.230 e. The summed E-state index contributed by atoms with van der Waals surface area (Å²) in [4.78, 5) is 25.2. The molecule has 1 aliphatic rings. The average molecular weight is 247 g/mol. The molecule has 1 atom stereocenters. The van der Waals surface area contributed by atoms with Crippen LogP contribution in [0.1, 0.15) is 31.4 Å². The van der Waals surface area contributed by atoms with Gasteiger partial charge in [-0.1, -0.05) is 37.3 Å². The third-order valence-electron chi connectivity index (χ3n) is 3.25. The van der Waals surface area contributed by atoms with Gasteiger partial charge in [0.1, 0.15) is 0 Å². The van der Waals surface area contributed by atoms with Crippen molar-refractivity contribution in [2.75, 3.05) is 6.61 Å². The third-order valence-corrected chi connectivity index (χ3v) is 3.25. The first-order valence-electron chi connectivity index (χ1n) is 6.14. The highest BCUT2D eigenvalue weighted by atomic mass is 16.3. The molecule has 0 bridgehead atoms. The molecular formula is C14H17NO3. The van der Waals surface area contributed by atoms with Gasteiger partial charge in [0.05, 0.1) is 12.6 Å². The number of rotatable bonds is 3. The van der Waals surface area contributed by atoms with E-state index in [0.717, 1.165) is 5.56 Å². The average Bonchev–Trinajstić information content (AvgIpc) is 2.34. The van der Waals surface area contributed by atoms with Crippen LogP contribution in [0.5, 0.6) is 0 Å². The minimum absolute atomic E-state index is 0.0939. The number of benzene rings is 1. The van der Waals surface area contributed by atoms with Gasteiger partial charge in [-0.15, -0.1) is 0 Å². The molecule has 0 spiro atoms. The number of carbonyl (C=O) groups excluding carboxylic acids is 2. The van der Waals surface area contributed by atoms with Crippen molar-refractivity contribution in [3.05, 3.63) is 35.9 Å². The van der Waals surface area contributed by atoms with Crippen LogP contribution in [0.3, 0.4) is 0 Å². The Hall–Kier alpha value is -1.68. The highest BCUT2D eigenvalue weighted by molar-refractivity contribution is 5.98. The van der Waals surface area contributed by atoms with Crippen LogP contribution in [-0.4, -0.2) is 28.4 Å². The molecule has 18 heavy (non-hydrogen) atoms.